The normalized spacial score (nSPS) is 14.4. The highest BCUT2D eigenvalue weighted by Gasteiger charge is 2.23. The van der Waals surface area contributed by atoms with Gasteiger partial charge in [-0.1, -0.05) is 12.1 Å². The van der Waals surface area contributed by atoms with Gasteiger partial charge in [0.2, 0.25) is 0 Å². The molecule has 4 aromatic rings. The molecule has 2 aliphatic rings. The molecule has 0 unspecified atom stereocenters. The number of ether oxygens (including phenoxy) is 2. The minimum atomic E-state index is -0.0236. The van der Waals surface area contributed by atoms with Gasteiger partial charge in [0.15, 0.2) is 19.2 Å². The molecule has 0 amide bonds. The van der Waals surface area contributed by atoms with Crippen molar-refractivity contribution in [2.45, 2.75) is 22.9 Å². The van der Waals surface area contributed by atoms with Crippen LogP contribution in [0.15, 0.2) is 94.7 Å². The molecule has 2 aliphatic heterocycles. The summed E-state index contributed by atoms with van der Waals surface area (Å²) in [5.74, 6) is 1.60. The zero-order valence-electron chi connectivity index (χ0n) is 19.4. The molecule has 0 radical (unpaired) electrons. The topological polar surface area (TPSA) is 42.0 Å². The Hall–Kier alpha value is -3.55. The predicted octanol–water partition coefficient (Wildman–Crippen LogP) is 6.21. The molecule has 4 aromatic carbocycles. The highest BCUT2D eigenvalue weighted by atomic mass is 32.1. The highest BCUT2D eigenvalue weighted by Crippen LogP contribution is 2.33. The fourth-order valence-corrected chi connectivity index (χ4v) is 5.08. The number of hydrogen-bond acceptors (Lipinski definition) is 7. The number of carbonyl (C=O) groups excluding carboxylic acids is 1. The second-order valence-electron chi connectivity index (χ2n) is 8.96. The molecule has 0 saturated carbocycles. The first-order valence-corrected chi connectivity index (χ1v) is 12.6. The van der Waals surface area contributed by atoms with Gasteiger partial charge in [-0.25, -0.2) is 0 Å². The van der Waals surface area contributed by atoms with Crippen LogP contribution in [0, 0.1) is 0 Å². The van der Waals surface area contributed by atoms with Crippen molar-refractivity contribution in [3.8, 4) is 11.5 Å². The van der Waals surface area contributed by atoms with Gasteiger partial charge in [0.1, 0.15) is 11.5 Å². The summed E-state index contributed by atoms with van der Waals surface area (Å²) < 4.78 is 11.9. The molecule has 2 heterocycles. The molecular weight excluding hydrogens is 488 g/mol. The minimum Gasteiger partial charge on any atom is -0.473 e. The van der Waals surface area contributed by atoms with Crippen LogP contribution in [0.1, 0.15) is 27.0 Å². The summed E-state index contributed by atoms with van der Waals surface area (Å²) in [6.45, 7) is 2.22. The third-order valence-electron chi connectivity index (χ3n) is 6.51. The monoisotopic (exact) mass is 512 g/mol. The van der Waals surface area contributed by atoms with E-state index >= 15 is 0 Å². The second-order valence-corrected chi connectivity index (χ2v) is 9.99. The Morgan fingerprint density at radius 3 is 1.56 bits per heavy atom. The van der Waals surface area contributed by atoms with E-state index in [0.29, 0.717) is 37.7 Å². The third kappa shape index (κ3) is 4.52. The molecule has 7 heteroatoms. The first-order valence-electron chi connectivity index (χ1n) is 11.7. The Bertz CT molecular complexity index is 1360. The van der Waals surface area contributed by atoms with E-state index < -0.39 is 0 Å². The van der Waals surface area contributed by atoms with Crippen molar-refractivity contribution in [3.63, 3.8) is 0 Å². The summed E-state index contributed by atoms with van der Waals surface area (Å²) in [4.78, 5) is 19.5. The molecule has 6 rings (SSSR count). The lowest BCUT2D eigenvalue weighted by Crippen LogP contribution is -2.32. The molecule has 180 valence electrons. The Morgan fingerprint density at radius 1 is 0.639 bits per heavy atom. The number of carbonyl (C=O) groups is 1. The van der Waals surface area contributed by atoms with Crippen LogP contribution in [-0.4, -0.2) is 19.2 Å². The molecule has 0 N–H and O–H groups in total. The zero-order valence-corrected chi connectivity index (χ0v) is 21.2. The number of anilines is 2. The standard InChI is InChI=1S/C29H24N2O3S2/c32-29(19-7-9-27-21(11-19)15-30(17-33-27)23-3-1-5-25(35)13-23)20-8-10-28-22(12-20)16-31(18-34-28)24-4-2-6-26(36)14-24/h1-14,35-36H,15-18H2. The van der Waals surface area contributed by atoms with Crippen LogP contribution in [0.3, 0.4) is 0 Å². The summed E-state index contributed by atoms with van der Waals surface area (Å²) in [7, 11) is 0. The molecular formula is C29H24N2O3S2. The molecule has 0 aromatic heterocycles. The number of nitrogens with zero attached hydrogens (tertiary/aromatic N) is 2. The molecule has 0 atom stereocenters. The van der Waals surface area contributed by atoms with Gasteiger partial charge in [-0.05, 0) is 72.8 Å². The van der Waals surface area contributed by atoms with Crippen LogP contribution in [0.4, 0.5) is 11.4 Å². The van der Waals surface area contributed by atoms with Crippen LogP contribution in [0.2, 0.25) is 0 Å². The van der Waals surface area contributed by atoms with Crippen molar-refractivity contribution >= 4 is 42.4 Å². The van der Waals surface area contributed by atoms with Gasteiger partial charge in [0, 0.05) is 56.5 Å². The summed E-state index contributed by atoms with van der Waals surface area (Å²) in [6.07, 6.45) is 0. The van der Waals surface area contributed by atoms with Gasteiger partial charge in [0.05, 0.1) is 0 Å². The van der Waals surface area contributed by atoms with Gasteiger partial charge < -0.3 is 19.3 Å². The smallest absolute Gasteiger partial charge is 0.193 e. The number of benzene rings is 4. The van der Waals surface area contributed by atoms with Crippen molar-refractivity contribution in [2.75, 3.05) is 23.3 Å². The third-order valence-corrected chi connectivity index (χ3v) is 7.07. The fraction of sp³-hybridized carbons (Fsp3) is 0.138. The van der Waals surface area contributed by atoms with Crippen molar-refractivity contribution in [1.82, 2.24) is 0 Å². The van der Waals surface area contributed by atoms with E-state index in [0.717, 1.165) is 43.8 Å². The maximum Gasteiger partial charge on any atom is 0.193 e. The maximum atomic E-state index is 13.5. The van der Waals surface area contributed by atoms with Crippen LogP contribution in [0.5, 0.6) is 11.5 Å². The molecule has 0 spiro atoms. The average Bonchev–Trinajstić information content (AvgIpc) is 2.91. The van der Waals surface area contributed by atoms with E-state index in [2.05, 4.69) is 35.1 Å². The van der Waals surface area contributed by atoms with Crippen molar-refractivity contribution in [2.24, 2.45) is 0 Å². The van der Waals surface area contributed by atoms with E-state index in [9.17, 15) is 4.79 Å². The summed E-state index contributed by atoms with van der Waals surface area (Å²) in [5.41, 5.74) is 5.31. The molecule has 0 aliphatic carbocycles. The van der Waals surface area contributed by atoms with Crippen molar-refractivity contribution in [1.29, 1.82) is 0 Å². The fourth-order valence-electron chi connectivity index (χ4n) is 4.65. The first kappa shape index (κ1) is 22.9. The Balaban J connectivity index is 1.24. The lowest BCUT2D eigenvalue weighted by atomic mass is 9.98. The Labute approximate surface area is 221 Å². The van der Waals surface area contributed by atoms with Crippen LogP contribution in [-0.2, 0) is 13.1 Å². The zero-order chi connectivity index (χ0) is 24.6. The largest absolute Gasteiger partial charge is 0.473 e. The highest BCUT2D eigenvalue weighted by molar-refractivity contribution is 7.80. The molecule has 0 bridgehead atoms. The molecule has 0 fully saturated rings. The van der Waals surface area contributed by atoms with E-state index in [4.69, 9.17) is 9.47 Å². The van der Waals surface area contributed by atoms with Crippen LogP contribution in [0.25, 0.3) is 0 Å². The molecule has 36 heavy (non-hydrogen) atoms. The average molecular weight is 513 g/mol. The van der Waals surface area contributed by atoms with Gasteiger partial charge >= 0.3 is 0 Å². The summed E-state index contributed by atoms with van der Waals surface area (Å²) in [5, 5.41) is 0. The first-order chi connectivity index (χ1) is 17.5. The number of ketones is 1. The summed E-state index contributed by atoms with van der Waals surface area (Å²) in [6, 6.07) is 27.3. The Morgan fingerprint density at radius 2 is 1.11 bits per heavy atom. The summed E-state index contributed by atoms with van der Waals surface area (Å²) >= 11 is 8.90. The number of hydrogen-bond donors (Lipinski definition) is 2. The van der Waals surface area contributed by atoms with Gasteiger partial charge in [-0.3, -0.25) is 4.79 Å². The minimum absolute atomic E-state index is 0.0236. The van der Waals surface area contributed by atoms with Crippen molar-refractivity contribution < 1.29 is 14.3 Å². The Kier molecular flexibility index (Phi) is 6.03. The lowest BCUT2D eigenvalue weighted by Gasteiger charge is -2.31. The second kappa shape index (κ2) is 9.48. The molecule has 0 saturated heterocycles. The maximum absolute atomic E-state index is 13.5. The van der Waals surface area contributed by atoms with E-state index in [1.165, 1.54) is 0 Å². The van der Waals surface area contributed by atoms with E-state index in [1.807, 2.05) is 84.9 Å². The number of fused-ring (bicyclic) bond motifs is 2. The van der Waals surface area contributed by atoms with Crippen LogP contribution >= 0.6 is 25.3 Å². The van der Waals surface area contributed by atoms with E-state index in [-0.39, 0.29) is 5.78 Å². The predicted molar refractivity (Wildman–Crippen MR) is 147 cm³/mol. The number of rotatable bonds is 4. The van der Waals surface area contributed by atoms with Gasteiger partial charge in [0.25, 0.3) is 0 Å². The van der Waals surface area contributed by atoms with E-state index in [1.54, 1.807) is 0 Å². The van der Waals surface area contributed by atoms with Crippen molar-refractivity contribution in [3.05, 3.63) is 107 Å². The molecule has 5 nitrogen and oxygen atoms in total. The van der Waals surface area contributed by atoms with Crippen LogP contribution < -0.4 is 19.3 Å². The number of thiol groups is 2. The quantitative estimate of drug-likeness (QED) is 0.251. The lowest BCUT2D eigenvalue weighted by molar-refractivity contribution is 0.103. The SMILES string of the molecule is O=C(c1ccc2c(c1)CN(c1cccc(S)c1)CO2)c1ccc2c(c1)CN(c1cccc(S)c1)CO2. The van der Waals surface area contributed by atoms with Gasteiger partial charge in [-0.15, -0.1) is 25.3 Å². The van der Waals surface area contributed by atoms with Gasteiger partial charge in [-0.2, -0.15) is 0 Å².